The molecule has 98 valence electrons. The number of nitrogens with zero attached hydrogens (tertiary/aromatic N) is 1. The van der Waals surface area contributed by atoms with Gasteiger partial charge in [0, 0.05) is 10.4 Å². The van der Waals surface area contributed by atoms with E-state index in [1.54, 1.807) is 6.07 Å². The van der Waals surface area contributed by atoms with Gasteiger partial charge in [0.05, 0.1) is 11.6 Å². The Morgan fingerprint density at radius 1 is 0.714 bits per heavy atom. The van der Waals surface area contributed by atoms with Gasteiger partial charge < -0.3 is 0 Å². The van der Waals surface area contributed by atoms with Crippen LogP contribution in [-0.4, -0.2) is 0 Å². The van der Waals surface area contributed by atoms with Crippen LogP contribution < -0.4 is 0 Å². The predicted molar refractivity (Wildman–Crippen MR) is 88.7 cm³/mol. The first-order valence-electron chi connectivity index (χ1n) is 6.72. The van der Waals surface area contributed by atoms with Crippen LogP contribution in [0.5, 0.6) is 0 Å². The predicted octanol–water partition coefficient (Wildman–Crippen LogP) is 5.67. The Hall–Kier alpha value is -2.56. The smallest absolute Gasteiger partial charge is 0.0998 e. The highest BCUT2D eigenvalue weighted by atomic mass is 35.5. The largest absolute Gasteiger partial charge is 0.192 e. The minimum absolute atomic E-state index is 0.597. The Kier molecular flexibility index (Phi) is 2.60. The highest BCUT2D eigenvalue weighted by Crippen LogP contribution is 2.37. The van der Waals surface area contributed by atoms with E-state index in [1.807, 2.05) is 30.3 Å². The molecule has 0 spiro atoms. The van der Waals surface area contributed by atoms with Crippen LogP contribution in [0, 0.1) is 11.3 Å². The van der Waals surface area contributed by atoms with E-state index in [4.69, 9.17) is 11.6 Å². The molecule has 0 heterocycles. The van der Waals surface area contributed by atoms with Gasteiger partial charge in [0.15, 0.2) is 0 Å². The van der Waals surface area contributed by atoms with Gasteiger partial charge >= 0.3 is 0 Å². The van der Waals surface area contributed by atoms with Gasteiger partial charge in [-0.15, -0.1) is 0 Å². The Morgan fingerprint density at radius 2 is 1.24 bits per heavy atom. The van der Waals surface area contributed by atoms with E-state index in [0.717, 1.165) is 21.5 Å². The molecule has 0 bridgehead atoms. The highest BCUT2D eigenvalue weighted by Gasteiger charge is 2.12. The third kappa shape index (κ3) is 1.70. The normalized spacial score (nSPS) is 11.0. The molecule has 1 nitrogen and oxygen atoms in total. The van der Waals surface area contributed by atoms with Gasteiger partial charge in [0.25, 0.3) is 0 Å². The molecule has 0 fully saturated rings. The number of hydrogen-bond donors (Lipinski definition) is 0. The molecule has 0 saturated heterocycles. The number of nitriles is 1. The zero-order valence-corrected chi connectivity index (χ0v) is 11.9. The number of halogens is 1. The second kappa shape index (κ2) is 4.48. The quantitative estimate of drug-likeness (QED) is 0.382. The maximum absolute atomic E-state index is 9.48. The maximum atomic E-state index is 9.48. The average Bonchev–Trinajstić information content (AvgIpc) is 2.54. The van der Waals surface area contributed by atoms with E-state index >= 15 is 0 Å². The zero-order chi connectivity index (χ0) is 14.4. The third-order valence-corrected chi connectivity index (χ3v) is 4.15. The Bertz CT molecular complexity index is 1060. The van der Waals surface area contributed by atoms with Crippen molar-refractivity contribution in [2.45, 2.75) is 0 Å². The summed E-state index contributed by atoms with van der Waals surface area (Å²) in [6, 6.07) is 22.4. The van der Waals surface area contributed by atoms with E-state index < -0.39 is 0 Å². The zero-order valence-electron chi connectivity index (χ0n) is 11.1. The third-order valence-electron chi connectivity index (χ3n) is 3.93. The molecule has 0 aliphatic heterocycles. The molecule has 0 aromatic heterocycles. The lowest BCUT2D eigenvalue weighted by Crippen LogP contribution is -1.86. The van der Waals surface area contributed by atoms with Crippen LogP contribution in [0.15, 0.2) is 60.7 Å². The van der Waals surface area contributed by atoms with Crippen LogP contribution in [0.25, 0.3) is 32.3 Å². The molecule has 2 heteroatoms. The Labute approximate surface area is 127 Å². The topological polar surface area (TPSA) is 23.8 Å². The summed E-state index contributed by atoms with van der Waals surface area (Å²) in [6.07, 6.45) is 0. The first-order chi connectivity index (χ1) is 10.3. The lowest BCUT2D eigenvalue weighted by molar-refractivity contribution is 1.51. The molecule has 4 aromatic rings. The minimum Gasteiger partial charge on any atom is -0.192 e. The van der Waals surface area contributed by atoms with Crippen LogP contribution in [0.3, 0.4) is 0 Å². The van der Waals surface area contributed by atoms with Gasteiger partial charge in [-0.05, 0) is 39.1 Å². The fourth-order valence-corrected chi connectivity index (χ4v) is 3.30. The SMILES string of the molecule is N#Cc1cc(Cl)cc2c3ccccc3c3ccccc3c12. The van der Waals surface area contributed by atoms with Gasteiger partial charge in [-0.1, -0.05) is 60.1 Å². The van der Waals surface area contributed by atoms with Crippen molar-refractivity contribution in [3.63, 3.8) is 0 Å². The summed E-state index contributed by atoms with van der Waals surface area (Å²) in [5, 5.41) is 16.7. The van der Waals surface area contributed by atoms with Crippen molar-refractivity contribution in [3.05, 3.63) is 71.2 Å². The summed E-state index contributed by atoms with van der Waals surface area (Å²) in [4.78, 5) is 0. The van der Waals surface area contributed by atoms with Gasteiger partial charge in [-0.25, -0.2) is 0 Å². The molecule has 0 aliphatic carbocycles. The van der Waals surface area contributed by atoms with Gasteiger partial charge in [0.1, 0.15) is 0 Å². The fourth-order valence-electron chi connectivity index (χ4n) is 3.09. The first kappa shape index (κ1) is 12.2. The molecule has 0 aliphatic rings. The maximum Gasteiger partial charge on any atom is 0.0998 e. The molecule has 0 N–H and O–H groups in total. The van der Waals surface area contributed by atoms with Crippen LogP contribution in [0.2, 0.25) is 5.02 Å². The first-order valence-corrected chi connectivity index (χ1v) is 7.10. The van der Waals surface area contributed by atoms with Crippen molar-refractivity contribution in [3.8, 4) is 6.07 Å². The average molecular weight is 288 g/mol. The van der Waals surface area contributed by atoms with Crippen LogP contribution >= 0.6 is 11.6 Å². The summed E-state index contributed by atoms with van der Waals surface area (Å²) >= 11 is 6.20. The molecule has 0 amide bonds. The Balaban J connectivity index is 2.46. The van der Waals surface area contributed by atoms with E-state index in [2.05, 4.69) is 30.3 Å². The van der Waals surface area contributed by atoms with Crippen LogP contribution in [-0.2, 0) is 0 Å². The van der Waals surface area contributed by atoms with Crippen LogP contribution in [0.1, 0.15) is 5.56 Å². The van der Waals surface area contributed by atoms with Crippen molar-refractivity contribution in [2.24, 2.45) is 0 Å². The molecule has 0 unspecified atom stereocenters. The van der Waals surface area contributed by atoms with Crippen molar-refractivity contribution < 1.29 is 0 Å². The second-order valence-corrected chi connectivity index (χ2v) is 5.52. The monoisotopic (exact) mass is 287 g/mol. The number of rotatable bonds is 0. The van der Waals surface area contributed by atoms with E-state index in [1.165, 1.54) is 10.8 Å². The number of benzene rings is 4. The molecule has 0 atom stereocenters. The minimum atomic E-state index is 0.597. The molecular formula is C19H10ClN. The van der Waals surface area contributed by atoms with E-state index in [9.17, 15) is 5.26 Å². The lowest BCUT2D eigenvalue weighted by atomic mass is 9.92. The summed E-state index contributed by atoms with van der Waals surface area (Å²) in [6.45, 7) is 0. The lowest BCUT2D eigenvalue weighted by Gasteiger charge is -2.11. The number of fused-ring (bicyclic) bond motifs is 6. The second-order valence-electron chi connectivity index (χ2n) is 5.08. The molecule has 0 radical (unpaired) electrons. The summed E-state index contributed by atoms with van der Waals surface area (Å²) in [5.74, 6) is 0. The van der Waals surface area contributed by atoms with Gasteiger partial charge in [-0.3, -0.25) is 0 Å². The number of hydrogen-bond acceptors (Lipinski definition) is 1. The summed E-state index contributed by atoms with van der Waals surface area (Å²) < 4.78 is 0. The summed E-state index contributed by atoms with van der Waals surface area (Å²) in [7, 11) is 0. The highest BCUT2D eigenvalue weighted by molar-refractivity contribution is 6.34. The van der Waals surface area contributed by atoms with Crippen molar-refractivity contribution >= 4 is 43.9 Å². The van der Waals surface area contributed by atoms with E-state index in [0.29, 0.717) is 10.6 Å². The van der Waals surface area contributed by atoms with Gasteiger partial charge in [-0.2, -0.15) is 5.26 Å². The van der Waals surface area contributed by atoms with Gasteiger partial charge in [0.2, 0.25) is 0 Å². The molecule has 21 heavy (non-hydrogen) atoms. The standard InChI is InChI=1S/C19H10ClN/c20-13-9-12(11-21)19-17-8-4-3-6-15(17)14-5-1-2-7-16(14)18(19)10-13/h1-10H. The molecule has 0 saturated carbocycles. The Morgan fingerprint density at radius 3 is 1.86 bits per heavy atom. The van der Waals surface area contributed by atoms with E-state index in [-0.39, 0.29) is 0 Å². The van der Waals surface area contributed by atoms with Crippen molar-refractivity contribution in [1.29, 1.82) is 5.26 Å². The summed E-state index contributed by atoms with van der Waals surface area (Å²) in [5.41, 5.74) is 0.624. The van der Waals surface area contributed by atoms with Crippen LogP contribution in [0.4, 0.5) is 0 Å². The van der Waals surface area contributed by atoms with Crippen molar-refractivity contribution in [2.75, 3.05) is 0 Å². The fraction of sp³-hybridized carbons (Fsp3) is 0. The molecule has 4 rings (SSSR count). The van der Waals surface area contributed by atoms with Crippen molar-refractivity contribution in [1.82, 2.24) is 0 Å². The molecule has 4 aromatic carbocycles. The molecular weight excluding hydrogens is 278 g/mol.